The fourth-order valence-corrected chi connectivity index (χ4v) is 1.71. The molecule has 6 heteroatoms. The number of hydrogen-bond donors (Lipinski definition) is 2. The number of pyridine rings is 1. The number of nitrogens with zero attached hydrogens (tertiary/aromatic N) is 2. The fourth-order valence-electron chi connectivity index (χ4n) is 1.71. The molecule has 0 amide bonds. The second-order valence-electron chi connectivity index (χ2n) is 3.93. The summed E-state index contributed by atoms with van der Waals surface area (Å²) in [5.41, 5.74) is 6.85. The molecular weight excluding hydrogens is 244 g/mol. The summed E-state index contributed by atoms with van der Waals surface area (Å²) in [6, 6.07) is 8.68. The highest BCUT2D eigenvalue weighted by molar-refractivity contribution is 5.76. The molecule has 94 valence electrons. The van der Waals surface area contributed by atoms with Crippen molar-refractivity contribution in [2.24, 2.45) is 0 Å². The summed E-state index contributed by atoms with van der Waals surface area (Å²) < 4.78 is 5.70. The van der Waals surface area contributed by atoms with Crippen molar-refractivity contribution < 1.29 is 4.74 Å². The molecule has 1 aromatic carbocycles. The van der Waals surface area contributed by atoms with Crippen molar-refractivity contribution in [1.29, 1.82) is 0 Å². The highest BCUT2D eigenvalue weighted by Gasteiger charge is 2.06. The number of H-pyrrole nitrogens is 1. The van der Waals surface area contributed by atoms with Crippen LogP contribution in [0.25, 0.3) is 11.2 Å². The Hall–Kier alpha value is -2.89. The Labute approximate surface area is 107 Å². The van der Waals surface area contributed by atoms with Gasteiger partial charge in [0.25, 0.3) is 5.56 Å². The van der Waals surface area contributed by atoms with E-state index in [0.29, 0.717) is 28.4 Å². The Morgan fingerprint density at radius 2 is 2.11 bits per heavy atom. The summed E-state index contributed by atoms with van der Waals surface area (Å²) in [4.78, 5) is 22.0. The highest BCUT2D eigenvalue weighted by atomic mass is 16.5. The molecule has 3 N–H and O–H groups in total. The van der Waals surface area contributed by atoms with Crippen LogP contribution in [0.15, 0.2) is 47.5 Å². The van der Waals surface area contributed by atoms with E-state index in [1.165, 1.54) is 6.20 Å². The van der Waals surface area contributed by atoms with Gasteiger partial charge in [-0.3, -0.25) is 4.79 Å². The third-order valence-electron chi connectivity index (χ3n) is 2.53. The number of benzene rings is 1. The third-order valence-corrected chi connectivity index (χ3v) is 2.53. The van der Waals surface area contributed by atoms with Gasteiger partial charge in [-0.25, -0.2) is 9.97 Å². The molecule has 0 unspecified atom stereocenters. The van der Waals surface area contributed by atoms with Crippen LogP contribution in [0.5, 0.6) is 11.5 Å². The number of ether oxygens (including phenoxy) is 1. The number of aromatic amines is 1. The number of hydrogen-bond acceptors (Lipinski definition) is 5. The predicted octanol–water partition coefficient (Wildman–Crippen LogP) is 1.69. The van der Waals surface area contributed by atoms with E-state index in [0.717, 1.165) is 0 Å². The summed E-state index contributed by atoms with van der Waals surface area (Å²) in [5, 5.41) is 0. The zero-order valence-electron chi connectivity index (χ0n) is 9.83. The lowest BCUT2D eigenvalue weighted by Crippen LogP contribution is -2.06. The fraction of sp³-hybridized carbons (Fsp3) is 0. The molecule has 0 saturated heterocycles. The molecule has 0 aliphatic heterocycles. The van der Waals surface area contributed by atoms with Gasteiger partial charge in [0, 0.05) is 24.0 Å². The minimum absolute atomic E-state index is 0.307. The standard InChI is InChI=1S/C13H10N4O2/c14-8-2-1-3-9(6-8)19-10-4-5-15-13-12(10)17-11(18)7-16-13/h1-7H,14H2,(H,17,18). The maximum atomic E-state index is 11.3. The van der Waals surface area contributed by atoms with E-state index in [-0.39, 0.29) is 5.56 Å². The molecule has 0 fully saturated rings. The van der Waals surface area contributed by atoms with Crippen molar-refractivity contribution >= 4 is 16.9 Å². The quantitative estimate of drug-likeness (QED) is 0.679. The molecule has 0 saturated carbocycles. The second kappa shape index (κ2) is 4.41. The molecule has 0 spiro atoms. The molecule has 2 aromatic heterocycles. The monoisotopic (exact) mass is 254 g/mol. The van der Waals surface area contributed by atoms with Crippen LogP contribution in [0.1, 0.15) is 0 Å². The smallest absolute Gasteiger partial charge is 0.267 e. The van der Waals surface area contributed by atoms with Crippen LogP contribution in [-0.4, -0.2) is 15.0 Å². The van der Waals surface area contributed by atoms with E-state index in [4.69, 9.17) is 10.5 Å². The molecule has 0 aliphatic rings. The van der Waals surface area contributed by atoms with Gasteiger partial charge in [0.2, 0.25) is 0 Å². The van der Waals surface area contributed by atoms with E-state index in [9.17, 15) is 4.79 Å². The Morgan fingerprint density at radius 1 is 1.21 bits per heavy atom. The van der Waals surface area contributed by atoms with Gasteiger partial charge in [0.1, 0.15) is 11.3 Å². The molecular formula is C13H10N4O2. The van der Waals surface area contributed by atoms with Crippen LogP contribution >= 0.6 is 0 Å². The summed E-state index contributed by atoms with van der Waals surface area (Å²) in [7, 11) is 0. The zero-order chi connectivity index (χ0) is 13.2. The van der Waals surface area contributed by atoms with E-state index in [2.05, 4.69) is 15.0 Å². The molecule has 6 nitrogen and oxygen atoms in total. The van der Waals surface area contributed by atoms with Gasteiger partial charge in [-0.05, 0) is 12.1 Å². The first-order chi connectivity index (χ1) is 9.22. The van der Waals surface area contributed by atoms with E-state index < -0.39 is 0 Å². The minimum Gasteiger partial charge on any atom is -0.455 e. The number of nitrogen functional groups attached to an aromatic ring is 1. The average molecular weight is 254 g/mol. The molecule has 19 heavy (non-hydrogen) atoms. The average Bonchev–Trinajstić information content (AvgIpc) is 2.39. The van der Waals surface area contributed by atoms with Crippen molar-refractivity contribution in [3.05, 3.63) is 53.1 Å². The molecule has 3 aromatic rings. The Kier molecular flexibility index (Phi) is 2.60. The number of fused-ring (bicyclic) bond motifs is 1. The normalized spacial score (nSPS) is 10.5. The first-order valence-electron chi connectivity index (χ1n) is 5.60. The Morgan fingerprint density at radius 3 is 2.95 bits per heavy atom. The van der Waals surface area contributed by atoms with Gasteiger partial charge in [-0.1, -0.05) is 6.07 Å². The minimum atomic E-state index is -0.307. The number of rotatable bonds is 2. The molecule has 0 radical (unpaired) electrons. The summed E-state index contributed by atoms with van der Waals surface area (Å²) in [6.07, 6.45) is 2.74. The van der Waals surface area contributed by atoms with Gasteiger partial charge in [0.05, 0.1) is 6.20 Å². The lowest BCUT2D eigenvalue weighted by Gasteiger charge is -2.07. The SMILES string of the molecule is Nc1cccc(Oc2ccnc3ncc(=O)[nH]c23)c1. The zero-order valence-corrected chi connectivity index (χ0v) is 9.83. The maximum absolute atomic E-state index is 11.3. The first kappa shape index (κ1) is 11.2. The van der Waals surface area contributed by atoms with Crippen LogP contribution in [0.4, 0.5) is 5.69 Å². The summed E-state index contributed by atoms with van der Waals surface area (Å²) >= 11 is 0. The molecule has 0 bridgehead atoms. The lowest BCUT2D eigenvalue weighted by atomic mass is 10.3. The van der Waals surface area contributed by atoms with Crippen molar-refractivity contribution in [2.75, 3.05) is 5.73 Å². The van der Waals surface area contributed by atoms with E-state index >= 15 is 0 Å². The van der Waals surface area contributed by atoms with Crippen molar-refractivity contribution in [3.8, 4) is 11.5 Å². The molecule has 0 atom stereocenters. The first-order valence-corrected chi connectivity index (χ1v) is 5.60. The van der Waals surface area contributed by atoms with Crippen LogP contribution in [0.2, 0.25) is 0 Å². The van der Waals surface area contributed by atoms with Gasteiger partial charge in [-0.15, -0.1) is 0 Å². The third kappa shape index (κ3) is 2.23. The van der Waals surface area contributed by atoms with Crippen LogP contribution in [0, 0.1) is 0 Å². The lowest BCUT2D eigenvalue weighted by molar-refractivity contribution is 0.487. The van der Waals surface area contributed by atoms with Gasteiger partial charge >= 0.3 is 0 Å². The van der Waals surface area contributed by atoms with Crippen molar-refractivity contribution in [3.63, 3.8) is 0 Å². The van der Waals surface area contributed by atoms with Crippen LogP contribution in [-0.2, 0) is 0 Å². The topological polar surface area (TPSA) is 93.9 Å². The van der Waals surface area contributed by atoms with Gasteiger partial charge in [-0.2, -0.15) is 0 Å². The van der Waals surface area contributed by atoms with E-state index in [1.807, 2.05) is 0 Å². The number of anilines is 1. The number of nitrogens with one attached hydrogen (secondary N) is 1. The van der Waals surface area contributed by atoms with Gasteiger partial charge in [0.15, 0.2) is 11.4 Å². The molecule has 3 rings (SSSR count). The van der Waals surface area contributed by atoms with Crippen molar-refractivity contribution in [1.82, 2.24) is 15.0 Å². The highest BCUT2D eigenvalue weighted by Crippen LogP contribution is 2.26. The van der Waals surface area contributed by atoms with E-state index in [1.54, 1.807) is 36.5 Å². The largest absolute Gasteiger partial charge is 0.455 e. The maximum Gasteiger partial charge on any atom is 0.267 e. The van der Waals surface area contributed by atoms with Gasteiger partial charge < -0.3 is 15.5 Å². The Bertz CT molecular complexity index is 798. The summed E-state index contributed by atoms with van der Waals surface area (Å²) in [5.74, 6) is 1.05. The number of aromatic nitrogens is 3. The van der Waals surface area contributed by atoms with Crippen LogP contribution < -0.4 is 16.0 Å². The number of nitrogens with two attached hydrogens (primary N) is 1. The van der Waals surface area contributed by atoms with Crippen molar-refractivity contribution in [2.45, 2.75) is 0 Å². The second-order valence-corrected chi connectivity index (χ2v) is 3.93. The molecule has 2 heterocycles. The molecule has 0 aliphatic carbocycles. The Balaban J connectivity index is 2.10. The predicted molar refractivity (Wildman–Crippen MR) is 71.1 cm³/mol. The summed E-state index contributed by atoms with van der Waals surface area (Å²) in [6.45, 7) is 0. The van der Waals surface area contributed by atoms with Crippen LogP contribution in [0.3, 0.4) is 0 Å².